The topological polar surface area (TPSA) is 55.8 Å². The molecule has 4 nitrogen and oxygen atoms in total. The Hall–Kier alpha value is -2.17. The lowest BCUT2D eigenvalue weighted by Gasteiger charge is -2.14. The third-order valence-corrected chi connectivity index (χ3v) is 3.92. The maximum Gasteiger partial charge on any atom is 0.308 e. The van der Waals surface area contributed by atoms with Crippen LogP contribution in [0.25, 0.3) is 11.1 Å². The van der Waals surface area contributed by atoms with E-state index in [0.717, 1.165) is 0 Å². The lowest BCUT2D eigenvalue weighted by atomic mass is 9.98. The Balaban J connectivity index is 1.73. The molecular formula is C18H18O4. The quantitative estimate of drug-likeness (QED) is 0.506. The van der Waals surface area contributed by atoms with Crippen LogP contribution in [0.4, 0.5) is 0 Å². The molecule has 3 rings (SSSR count). The number of ether oxygens (including phenoxy) is 2. The number of hydrogen-bond donors (Lipinski definition) is 1. The van der Waals surface area contributed by atoms with Gasteiger partial charge < -0.3 is 14.6 Å². The molecule has 0 aromatic heterocycles. The fraction of sp³-hybridized carbons (Fsp3) is 0.278. The molecule has 4 heteroatoms. The van der Waals surface area contributed by atoms with Gasteiger partial charge in [0.25, 0.3) is 0 Å². The molecule has 0 aliphatic heterocycles. The Morgan fingerprint density at radius 1 is 1.00 bits per heavy atom. The van der Waals surface area contributed by atoms with Gasteiger partial charge >= 0.3 is 5.97 Å². The molecule has 0 spiro atoms. The van der Waals surface area contributed by atoms with Crippen LogP contribution in [-0.4, -0.2) is 31.1 Å². The van der Waals surface area contributed by atoms with Gasteiger partial charge in [-0.1, -0.05) is 48.5 Å². The van der Waals surface area contributed by atoms with Crippen molar-refractivity contribution in [2.24, 2.45) is 0 Å². The van der Waals surface area contributed by atoms with E-state index in [1.54, 1.807) is 0 Å². The molecule has 114 valence electrons. The molecule has 0 amide bonds. The summed E-state index contributed by atoms with van der Waals surface area (Å²) in [7, 11) is 0. The Labute approximate surface area is 129 Å². The predicted molar refractivity (Wildman–Crippen MR) is 82.3 cm³/mol. The highest BCUT2D eigenvalue weighted by atomic mass is 16.6. The standard InChI is InChI=1S/C18H18O4/c19-12-21-10-9-18(20)22-11-17-15-7-3-1-5-13(15)14-6-2-4-8-16(14)17/h1-8,17,19H,9-12H2. The molecule has 2 aromatic carbocycles. The van der Waals surface area contributed by atoms with Gasteiger partial charge in [0, 0.05) is 5.92 Å². The Bertz CT molecular complexity index is 620. The molecule has 1 N–H and O–H groups in total. The van der Waals surface area contributed by atoms with Gasteiger partial charge in [0.15, 0.2) is 0 Å². The summed E-state index contributed by atoms with van der Waals surface area (Å²) in [4.78, 5) is 11.7. The third-order valence-electron chi connectivity index (χ3n) is 3.92. The van der Waals surface area contributed by atoms with Gasteiger partial charge in [-0.05, 0) is 22.3 Å². The minimum Gasteiger partial charge on any atom is -0.465 e. The fourth-order valence-electron chi connectivity index (χ4n) is 2.91. The Morgan fingerprint density at radius 3 is 2.18 bits per heavy atom. The van der Waals surface area contributed by atoms with Crippen molar-refractivity contribution in [3.63, 3.8) is 0 Å². The van der Waals surface area contributed by atoms with E-state index >= 15 is 0 Å². The number of hydrogen-bond acceptors (Lipinski definition) is 4. The highest BCUT2D eigenvalue weighted by molar-refractivity contribution is 5.79. The normalized spacial score (nSPS) is 12.8. The number of carbonyl (C=O) groups excluding carboxylic acids is 1. The summed E-state index contributed by atoms with van der Waals surface area (Å²) in [5, 5.41) is 8.53. The lowest BCUT2D eigenvalue weighted by molar-refractivity contribution is -0.145. The van der Waals surface area contributed by atoms with Crippen molar-refractivity contribution >= 4 is 5.97 Å². The summed E-state index contributed by atoms with van der Waals surface area (Å²) >= 11 is 0. The fourth-order valence-corrected chi connectivity index (χ4v) is 2.91. The largest absolute Gasteiger partial charge is 0.465 e. The minimum absolute atomic E-state index is 0.0788. The first-order valence-corrected chi connectivity index (χ1v) is 7.33. The van der Waals surface area contributed by atoms with E-state index in [1.165, 1.54) is 22.3 Å². The van der Waals surface area contributed by atoms with E-state index in [2.05, 4.69) is 24.3 Å². The van der Waals surface area contributed by atoms with Crippen molar-refractivity contribution < 1.29 is 19.4 Å². The molecule has 2 aromatic rings. The number of benzene rings is 2. The van der Waals surface area contributed by atoms with Crippen LogP contribution in [0.2, 0.25) is 0 Å². The molecule has 1 aliphatic carbocycles. The van der Waals surface area contributed by atoms with Gasteiger partial charge in [-0.15, -0.1) is 0 Å². The number of carbonyl (C=O) groups is 1. The van der Waals surface area contributed by atoms with Gasteiger partial charge in [0.1, 0.15) is 13.4 Å². The number of esters is 1. The number of aliphatic hydroxyl groups excluding tert-OH is 1. The van der Waals surface area contributed by atoms with Crippen LogP contribution >= 0.6 is 0 Å². The van der Waals surface area contributed by atoms with Crippen LogP contribution in [0.15, 0.2) is 48.5 Å². The summed E-state index contributed by atoms with van der Waals surface area (Å²) in [5.74, 6) is -0.231. The monoisotopic (exact) mass is 298 g/mol. The zero-order valence-electron chi connectivity index (χ0n) is 12.2. The smallest absolute Gasteiger partial charge is 0.308 e. The second-order valence-electron chi connectivity index (χ2n) is 5.20. The van der Waals surface area contributed by atoms with Crippen molar-refractivity contribution in [2.45, 2.75) is 12.3 Å². The molecule has 0 unspecified atom stereocenters. The zero-order valence-corrected chi connectivity index (χ0v) is 12.2. The Kier molecular flexibility index (Phi) is 4.51. The van der Waals surface area contributed by atoms with Crippen molar-refractivity contribution in [3.05, 3.63) is 59.7 Å². The molecule has 22 heavy (non-hydrogen) atoms. The molecule has 0 saturated carbocycles. The zero-order chi connectivity index (χ0) is 15.4. The number of aliphatic hydroxyl groups is 1. The molecule has 0 atom stereocenters. The van der Waals surface area contributed by atoms with Gasteiger partial charge in [-0.3, -0.25) is 4.79 Å². The molecular weight excluding hydrogens is 280 g/mol. The van der Waals surface area contributed by atoms with E-state index in [4.69, 9.17) is 14.6 Å². The van der Waals surface area contributed by atoms with E-state index in [1.807, 2.05) is 24.3 Å². The Morgan fingerprint density at radius 2 is 1.59 bits per heavy atom. The van der Waals surface area contributed by atoms with Crippen molar-refractivity contribution in [1.82, 2.24) is 0 Å². The predicted octanol–water partition coefficient (Wildman–Crippen LogP) is 2.70. The SMILES string of the molecule is O=C(CCOCO)OCC1c2ccccc2-c2ccccc21. The van der Waals surface area contributed by atoms with Crippen molar-refractivity contribution in [1.29, 1.82) is 0 Å². The number of fused-ring (bicyclic) bond motifs is 3. The van der Waals surface area contributed by atoms with Crippen LogP contribution in [0, 0.1) is 0 Å². The van der Waals surface area contributed by atoms with Crippen LogP contribution in [0.5, 0.6) is 0 Å². The van der Waals surface area contributed by atoms with E-state index in [0.29, 0.717) is 6.61 Å². The first-order chi connectivity index (χ1) is 10.8. The first kappa shape index (κ1) is 14.8. The highest BCUT2D eigenvalue weighted by Crippen LogP contribution is 2.44. The second kappa shape index (κ2) is 6.73. The minimum atomic E-state index is -0.378. The molecule has 0 bridgehead atoms. The maximum absolute atomic E-state index is 11.7. The average molecular weight is 298 g/mol. The van der Waals surface area contributed by atoms with Gasteiger partial charge in [0.05, 0.1) is 13.0 Å². The van der Waals surface area contributed by atoms with Crippen molar-refractivity contribution in [2.75, 3.05) is 20.0 Å². The van der Waals surface area contributed by atoms with E-state index in [-0.39, 0.29) is 31.7 Å². The van der Waals surface area contributed by atoms with Crippen LogP contribution < -0.4 is 0 Å². The molecule has 0 saturated heterocycles. The molecule has 0 fully saturated rings. The highest BCUT2D eigenvalue weighted by Gasteiger charge is 2.28. The van der Waals surface area contributed by atoms with Gasteiger partial charge in [-0.25, -0.2) is 0 Å². The summed E-state index contributed by atoms with van der Waals surface area (Å²) in [6.45, 7) is 0.121. The molecule has 0 radical (unpaired) electrons. The number of rotatable bonds is 6. The molecule has 0 heterocycles. The third kappa shape index (κ3) is 2.89. The summed E-state index contributed by atoms with van der Waals surface area (Å²) in [6.07, 6.45) is 0.149. The van der Waals surface area contributed by atoms with Crippen LogP contribution in [0.1, 0.15) is 23.5 Å². The molecule has 1 aliphatic rings. The summed E-state index contributed by atoms with van der Waals surface area (Å²) in [5.41, 5.74) is 4.82. The summed E-state index contributed by atoms with van der Waals surface area (Å²) in [6, 6.07) is 16.4. The average Bonchev–Trinajstić information content (AvgIpc) is 2.87. The van der Waals surface area contributed by atoms with Crippen molar-refractivity contribution in [3.8, 4) is 11.1 Å². The lowest BCUT2D eigenvalue weighted by Crippen LogP contribution is -2.14. The van der Waals surface area contributed by atoms with Gasteiger partial charge in [-0.2, -0.15) is 0 Å². The van der Waals surface area contributed by atoms with Gasteiger partial charge in [0.2, 0.25) is 0 Å². The summed E-state index contributed by atoms with van der Waals surface area (Å²) < 4.78 is 10.1. The van der Waals surface area contributed by atoms with Crippen LogP contribution in [0.3, 0.4) is 0 Å². The van der Waals surface area contributed by atoms with E-state index in [9.17, 15) is 4.79 Å². The first-order valence-electron chi connectivity index (χ1n) is 7.33. The van der Waals surface area contributed by atoms with E-state index < -0.39 is 0 Å². The van der Waals surface area contributed by atoms with Crippen LogP contribution in [-0.2, 0) is 14.3 Å². The second-order valence-corrected chi connectivity index (χ2v) is 5.20. The maximum atomic E-state index is 11.7.